The van der Waals surface area contributed by atoms with Crippen molar-refractivity contribution in [2.75, 3.05) is 18.6 Å². The first-order valence-corrected chi connectivity index (χ1v) is 9.01. The maximum absolute atomic E-state index is 12.3. The lowest BCUT2D eigenvalue weighted by Gasteiger charge is -2.16. The van der Waals surface area contributed by atoms with Crippen LogP contribution >= 0.6 is 11.6 Å². The predicted octanol–water partition coefficient (Wildman–Crippen LogP) is 1.99. The van der Waals surface area contributed by atoms with Crippen LogP contribution < -0.4 is 5.32 Å². The summed E-state index contributed by atoms with van der Waals surface area (Å²) in [5.41, 5.74) is 0.939. The van der Waals surface area contributed by atoms with E-state index in [1.54, 1.807) is 12.1 Å². The highest BCUT2D eigenvalue weighted by Gasteiger charge is 2.37. The van der Waals surface area contributed by atoms with E-state index in [-0.39, 0.29) is 24.1 Å². The Balaban J connectivity index is 2.01. The molecular formula is C14H18ClNO3S. The Bertz CT molecular complexity index is 579. The summed E-state index contributed by atoms with van der Waals surface area (Å²) in [5.74, 6) is 0.0243. The van der Waals surface area contributed by atoms with E-state index in [1.165, 1.54) is 0 Å². The number of benzene rings is 1. The van der Waals surface area contributed by atoms with Crippen molar-refractivity contribution in [2.24, 2.45) is 5.92 Å². The SMILES string of the molecule is CS(=O)(=O)CCNC(=O)C(c1ccc(Cl)cc1)C1CC1. The number of hydrogen-bond acceptors (Lipinski definition) is 3. The highest BCUT2D eigenvalue weighted by molar-refractivity contribution is 7.90. The Labute approximate surface area is 124 Å². The van der Waals surface area contributed by atoms with Gasteiger partial charge in [-0.05, 0) is 36.5 Å². The van der Waals surface area contributed by atoms with Gasteiger partial charge in [-0.3, -0.25) is 4.79 Å². The van der Waals surface area contributed by atoms with Crippen molar-refractivity contribution in [1.29, 1.82) is 0 Å². The average Bonchev–Trinajstić information content (AvgIpc) is 3.15. The summed E-state index contributed by atoms with van der Waals surface area (Å²) < 4.78 is 22.1. The predicted molar refractivity (Wildman–Crippen MR) is 79.6 cm³/mol. The lowest BCUT2D eigenvalue weighted by atomic mass is 9.93. The van der Waals surface area contributed by atoms with Crippen LogP contribution in [-0.4, -0.2) is 32.9 Å². The van der Waals surface area contributed by atoms with Gasteiger partial charge in [0, 0.05) is 17.8 Å². The van der Waals surface area contributed by atoms with Gasteiger partial charge in [0.25, 0.3) is 0 Å². The monoisotopic (exact) mass is 315 g/mol. The van der Waals surface area contributed by atoms with Gasteiger partial charge < -0.3 is 5.32 Å². The molecule has 0 saturated heterocycles. The fraction of sp³-hybridized carbons (Fsp3) is 0.500. The molecule has 4 nitrogen and oxygen atoms in total. The molecule has 0 radical (unpaired) electrons. The first-order valence-electron chi connectivity index (χ1n) is 6.58. The number of rotatable bonds is 6. The zero-order valence-electron chi connectivity index (χ0n) is 11.3. The minimum Gasteiger partial charge on any atom is -0.355 e. The number of nitrogens with one attached hydrogen (secondary N) is 1. The first kappa shape index (κ1) is 15.3. The Morgan fingerprint density at radius 1 is 1.35 bits per heavy atom. The number of hydrogen-bond donors (Lipinski definition) is 1. The second-order valence-corrected chi connectivity index (χ2v) is 7.98. The maximum Gasteiger partial charge on any atom is 0.227 e. The smallest absolute Gasteiger partial charge is 0.227 e. The van der Waals surface area contributed by atoms with Crippen LogP contribution in [0.25, 0.3) is 0 Å². The molecule has 1 aliphatic carbocycles. The number of amides is 1. The van der Waals surface area contributed by atoms with Crippen LogP contribution in [0.4, 0.5) is 0 Å². The molecule has 2 rings (SSSR count). The highest BCUT2D eigenvalue weighted by atomic mass is 35.5. The molecule has 110 valence electrons. The highest BCUT2D eigenvalue weighted by Crippen LogP contribution is 2.42. The number of halogens is 1. The Hall–Kier alpha value is -1.07. The molecule has 0 spiro atoms. The molecule has 0 aromatic heterocycles. The third-order valence-corrected chi connectivity index (χ3v) is 4.57. The largest absolute Gasteiger partial charge is 0.355 e. The number of carbonyl (C=O) groups is 1. The van der Waals surface area contributed by atoms with Gasteiger partial charge in [0.2, 0.25) is 5.91 Å². The first-order chi connectivity index (χ1) is 9.37. The van der Waals surface area contributed by atoms with E-state index in [2.05, 4.69) is 5.32 Å². The molecule has 0 aliphatic heterocycles. The Morgan fingerprint density at radius 2 is 1.95 bits per heavy atom. The topological polar surface area (TPSA) is 63.2 Å². The minimum atomic E-state index is -3.05. The lowest BCUT2D eigenvalue weighted by molar-refractivity contribution is -0.122. The zero-order valence-corrected chi connectivity index (χ0v) is 12.9. The van der Waals surface area contributed by atoms with Crippen molar-refractivity contribution in [3.63, 3.8) is 0 Å². The molecule has 6 heteroatoms. The van der Waals surface area contributed by atoms with Crippen LogP contribution in [0.2, 0.25) is 5.02 Å². The van der Waals surface area contributed by atoms with Crippen molar-refractivity contribution >= 4 is 27.3 Å². The number of sulfone groups is 1. The van der Waals surface area contributed by atoms with Crippen molar-refractivity contribution < 1.29 is 13.2 Å². The molecule has 1 saturated carbocycles. The third kappa shape index (κ3) is 4.49. The molecular weight excluding hydrogens is 298 g/mol. The molecule has 1 amide bonds. The van der Waals surface area contributed by atoms with Crippen LogP contribution in [-0.2, 0) is 14.6 Å². The molecule has 1 N–H and O–H groups in total. The van der Waals surface area contributed by atoms with Gasteiger partial charge >= 0.3 is 0 Å². The van der Waals surface area contributed by atoms with Crippen LogP contribution in [0.1, 0.15) is 24.3 Å². The fourth-order valence-corrected chi connectivity index (χ4v) is 2.81. The van der Waals surface area contributed by atoms with E-state index in [9.17, 15) is 13.2 Å². The molecule has 0 bridgehead atoms. The van der Waals surface area contributed by atoms with Crippen LogP contribution in [0.5, 0.6) is 0 Å². The molecule has 0 heterocycles. The van der Waals surface area contributed by atoms with E-state index in [0.29, 0.717) is 10.9 Å². The van der Waals surface area contributed by atoms with Gasteiger partial charge in [-0.25, -0.2) is 8.42 Å². The average molecular weight is 316 g/mol. The summed E-state index contributed by atoms with van der Waals surface area (Å²) in [6.07, 6.45) is 3.23. The lowest BCUT2D eigenvalue weighted by Crippen LogP contribution is -2.33. The third-order valence-electron chi connectivity index (χ3n) is 3.38. The molecule has 20 heavy (non-hydrogen) atoms. The van der Waals surface area contributed by atoms with Crippen molar-refractivity contribution in [3.05, 3.63) is 34.9 Å². The minimum absolute atomic E-state index is 0.0310. The van der Waals surface area contributed by atoms with Crippen molar-refractivity contribution in [1.82, 2.24) is 5.32 Å². The second kappa shape index (κ2) is 6.14. The van der Waals surface area contributed by atoms with E-state index in [1.807, 2.05) is 12.1 Å². The van der Waals surface area contributed by atoms with Gasteiger partial charge in [-0.1, -0.05) is 23.7 Å². The van der Waals surface area contributed by atoms with Crippen LogP contribution in [0.15, 0.2) is 24.3 Å². The fourth-order valence-electron chi connectivity index (χ4n) is 2.21. The van der Waals surface area contributed by atoms with E-state index < -0.39 is 9.84 Å². The van der Waals surface area contributed by atoms with Gasteiger partial charge in [0.1, 0.15) is 9.84 Å². The summed E-state index contributed by atoms with van der Waals surface area (Å²) in [7, 11) is -3.05. The van der Waals surface area contributed by atoms with E-state index in [4.69, 9.17) is 11.6 Å². The molecule has 1 aliphatic rings. The summed E-state index contributed by atoms with van der Waals surface area (Å²) in [5, 5.41) is 3.36. The number of carbonyl (C=O) groups excluding carboxylic acids is 1. The molecule has 1 unspecified atom stereocenters. The molecule has 1 atom stereocenters. The Morgan fingerprint density at radius 3 is 2.45 bits per heavy atom. The van der Waals surface area contributed by atoms with E-state index in [0.717, 1.165) is 24.7 Å². The second-order valence-electron chi connectivity index (χ2n) is 5.29. The standard InChI is InChI=1S/C14H18ClNO3S/c1-20(18,19)9-8-16-14(17)13(10-2-3-10)11-4-6-12(15)7-5-11/h4-7,10,13H,2-3,8-9H2,1H3,(H,16,17). The quantitative estimate of drug-likeness (QED) is 0.873. The van der Waals surface area contributed by atoms with Gasteiger partial charge in [0.15, 0.2) is 0 Å². The summed E-state index contributed by atoms with van der Waals surface area (Å²) in [6, 6.07) is 7.27. The summed E-state index contributed by atoms with van der Waals surface area (Å²) >= 11 is 5.86. The van der Waals surface area contributed by atoms with Crippen molar-refractivity contribution in [2.45, 2.75) is 18.8 Å². The Kier molecular flexibility index (Phi) is 4.70. The van der Waals surface area contributed by atoms with Gasteiger partial charge in [-0.15, -0.1) is 0 Å². The van der Waals surface area contributed by atoms with Gasteiger partial charge in [0.05, 0.1) is 11.7 Å². The summed E-state index contributed by atoms with van der Waals surface area (Å²) in [6.45, 7) is 0.161. The van der Waals surface area contributed by atoms with Crippen LogP contribution in [0.3, 0.4) is 0 Å². The summed E-state index contributed by atoms with van der Waals surface area (Å²) in [4.78, 5) is 12.3. The normalized spacial score (nSPS) is 16.7. The van der Waals surface area contributed by atoms with Crippen molar-refractivity contribution in [3.8, 4) is 0 Å². The molecule has 1 fully saturated rings. The van der Waals surface area contributed by atoms with E-state index >= 15 is 0 Å². The van der Waals surface area contributed by atoms with Gasteiger partial charge in [-0.2, -0.15) is 0 Å². The zero-order chi connectivity index (χ0) is 14.8. The molecule has 1 aromatic rings. The molecule has 1 aromatic carbocycles. The van der Waals surface area contributed by atoms with Crippen LogP contribution in [0, 0.1) is 5.92 Å². The maximum atomic E-state index is 12.3.